The summed E-state index contributed by atoms with van der Waals surface area (Å²) in [6.07, 6.45) is 0.878. The van der Waals surface area contributed by atoms with Crippen LogP contribution in [0.2, 0.25) is 0 Å². The van der Waals surface area contributed by atoms with Gasteiger partial charge in [0.2, 0.25) is 0 Å². The van der Waals surface area contributed by atoms with Gasteiger partial charge in [0.25, 0.3) is 0 Å². The molecule has 1 atom stereocenters. The molecule has 20 heavy (non-hydrogen) atoms. The van der Waals surface area contributed by atoms with E-state index < -0.39 is 9.84 Å². The Morgan fingerprint density at radius 1 is 1.25 bits per heavy atom. The van der Waals surface area contributed by atoms with Crippen molar-refractivity contribution in [2.24, 2.45) is 0 Å². The summed E-state index contributed by atoms with van der Waals surface area (Å²) in [6, 6.07) is 8.58. The second-order valence-electron chi connectivity index (χ2n) is 5.72. The molecule has 110 valence electrons. The van der Waals surface area contributed by atoms with Crippen molar-refractivity contribution >= 4 is 9.84 Å². The Morgan fingerprint density at radius 2 is 1.80 bits per heavy atom. The third-order valence-corrected chi connectivity index (χ3v) is 5.59. The molecule has 1 heterocycles. The molecule has 0 aliphatic carbocycles. The number of benzene rings is 1. The van der Waals surface area contributed by atoms with Crippen LogP contribution in [0, 0.1) is 6.92 Å². The van der Waals surface area contributed by atoms with Gasteiger partial charge >= 0.3 is 0 Å². The lowest BCUT2D eigenvalue weighted by molar-refractivity contribution is 0.352. The highest BCUT2D eigenvalue weighted by Gasteiger charge is 2.23. The highest BCUT2D eigenvalue weighted by molar-refractivity contribution is 7.91. The first kappa shape index (κ1) is 15.1. The van der Waals surface area contributed by atoms with E-state index in [1.165, 1.54) is 11.1 Å². The number of hydrogen-bond donors (Lipinski definition) is 0. The molecule has 1 aromatic rings. The average molecular weight is 293 g/mol. The van der Waals surface area contributed by atoms with Gasteiger partial charge in [-0.25, -0.2) is 8.42 Å². The monoisotopic (exact) mass is 293 g/mol. The molecule has 2 rings (SSSR count). The van der Waals surface area contributed by atoms with E-state index in [2.05, 4.69) is 49.6 Å². The van der Waals surface area contributed by atoms with E-state index in [9.17, 15) is 8.42 Å². The van der Waals surface area contributed by atoms with Gasteiger partial charge in [0.15, 0.2) is 9.84 Å². The van der Waals surface area contributed by atoms with E-state index in [1.807, 2.05) is 0 Å². The second-order valence-corrected chi connectivity index (χ2v) is 8.02. The van der Waals surface area contributed by atoms with Gasteiger partial charge in [0, 0.05) is 18.8 Å². The molecule has 1 unspecified atom stereocenters. The molecule has 0 N–H and O–H groups in total. The van der Waals surface area contributed by atoms with E-state index in [4.69, 9.17) is 0 Å². The molecule has 1 aliphatic heterocycles. The van der Waals surface area contributed by atoms with Crippen molar-refractivity contribution in [2.75, 3.05) is 24.6 Å². The third-order valence-electron chi connectivity index (χ3n) is 3.98. The minimum atomic E-state index is -2.82. The minimum Gasteiger partial charge on any atom is -0.373 e. The van der Waals surface area contributed by atoms with Crippen LogP contribution < -0.4 is 0 Å². The molecule has 1 fully saturated rings. The largest absolute Gasteiger partial charge is 0.373 e. The van der Waals surface area contributed by atoms with Crippen LogP contribution in [0.3, 0.4) is 0 Å². The van der Waals surface area contributed by atoms with Crippen LogP contribution in [-0.4, -0.2) is 37.9 Å². The summed E-state index contributed by atoms with van der Waals surface area (Å²) in [4.78, 5) is 2.12. The van der Waals surface area contributed by atoms with Crippen LogP contribution in [-0.2, 0) is 9.84 Å². The molecule has 0 saturated carbocycles. The molecule has 1 saturated heterocycles. The first-order valence-electron chi connectivity index (χ1n) is 7.07. The Kier molecular flexibility index (Phi) is 4.53. The van der Waals surface area contributed by atoms with Crippen molar-refractivity contribution in [3.8, 4) is 0 Å². The highest BCUT2D eigenvalue weighted by Crippen LogP contribution is 2.25. The number of hydrogen-bond acceptors (Lipinski definition) is 3. The Hall–Kier alpha value is -1.29. The summed E-state index contributed by atoms with van der Waals surface area (Å²) in [7, 11) is -2.82. The fraction of sp³-hybridized carbons (Fsp3) is 0.500. The zero-order valence-electron chi connectivity index (χ0n) is 12.3. The van der Waals surface area contributed by atoms with Gasteiger partial charge < -0.3 is 4.90 Å². The fourth-order valence-electron chi connectivity index (χ4n) is 2.52. The van der Waals surface area contributed by atoms with E-state index in [1.54, 1.807) is 0 Å². The maximum absolute atomic E-state index is 11.4. The molecule has 3 nitrogen and oxygen atoms in total. The number of nitrogens with zero attached hydrogens (tertiary/aromatic N) is 1. The molecular formula is C16H23NO2S. The summed E-state index contributed by atoms with van der Waals surface area (Å²) < 4.78 is 22.9. The van der Waals surface area contributed by atoms with Crippen molar-refractivity contribution in [1.82, 2.24) is 4.90 Å². The van der Waals surface area contributed by atoms with Gasteiger partial charge in [0.1, 0.15) is 0 Å². The molecule has 0 spiro atoms. The average Bonchev–Trinajstić information content (AvgIpc) is 2.39. The van der Waals surface area contributed by atoms with Crippen LogP contribution in [0.4, 0.5) is 0 Å². The third kappa shape index (κ3) is 3.85. The summed E-state index contributed by atoms with van der Waals surface area (Å²) in [5.41, 5.74) is 3.62. The van der Waals surface area contributed by atoms with Crippen LogP contribution >= 0.6 is 0 Å². The molecule has 0 radical (unpaired) electrons. The Balaban J connectivity index is 1.93. The van der Waals surface area contributed by atoms with Crippen LogP contribution in [0.1, 0.15) is 30.4 Å². The number of aryl methyl sites for hydroxylation is 1. The fourth-order valence-corrected chi connectivity index (χ4v) is 3.73. The van der Waals surface area contributed by atoms with E-state index in [-0.39, 0.29) is 11.5 Å². The molecule has 0 aromatic heterocycles. The van der Waals surface area contributed by atoms with Gasteiger partial charge in [-0.3, -0.25) is 0 Å². The summed E-state index contributed by atoms with van der Waals surface area (Å²) in [5, 5.41) is 0. The van der Waals surface area contributed by atoms with Gasteiger partial charge in [-0.15, -0.1) is 0 Å². The van der Waals surface area contributed by atoms with Crippen molar-refractivity contribution in [1.29, 1.82) is 0 Å². The van der Waals surface area contributed by atoms with Crippen molar-refractivity contribution in [3.05, 3.63) is 47.7 Å². The summed E-state index contributed by atoms with van der Waals surface area (Å²) in [5.74, 6) is 0.914. The zero-order chi connectivity index (χ0) is 14.8. The smallest absolute Gasteiger partial charge is 0.153 e. The molecule has 0 bridgehead atoms. The van der Waals surface area contributed by atoms with Crippen LogP contribution in [0.25, 0.3) is 0 Å². The zero-order valence-corrected chi connectivity index (χ0v) is 13.1. The molecule has 4 heteroatoms. The van der Waals surface area contributed by atoms with Crippen molar-refractivity contribution in [3.63, 3.8) is 0 Å². The van der Waals surface area contributed by atoms with Gasteiger partial charge in [-0.1, -0.05) is 43.3 Å². The van der Waals surface area contributed by atoms with Gasteiger partial charge in [-0.05, 0) is 24.8 Å². The maximum Gasteiger partial charge on any atom is 0.153 e. The van der Waals surface area contributed by atoms with Crippen LogP contribution in [0.5, 0.6) is 0 Å². The van der Waals surface area contributed by atoms with E-state index in [0.717, 1.165) is 12.1 Å². The lowest BCUT2D eigenvalue weighted by Gasteiger charge is -2.31. The lowest BCUT2D eigenvalue weighted by atomic mass is 9.95. The number of rotatable bonds is 4. The van der Waals surface area contributed by atoms with Crippen molar-refractivity contribution in [2.45, 2.75) is 26.2 Å². The summed E-state index contributed by atoms with van der Waals surface area (Å²) >= 11 is 0. The first-order chi connectivity index (χ1) is 9.37. The quantitative estimate of drug-likeness (QED) is 0.856. The summed E-state index contributed by atoms with van der Waals surface area (Å²) in [6.45, 7) is 9.59. The maximum atomic E-state index is 11.4. The standard InChI is InChI=1S/C16H23NO2S/c1-13-4-6-16(7-5-13)14(2)12-15(3)17-8-10-20(18,19)11-9-17/h4-7,14H,3,8-12H2,1-2H3. The molecular weight excluding hydrogens is 270 g/mol. The van der Waals surface area contributed by atoms with E-state index >= 15 is 0 Å². The van der Waals surface area contributed by atoms with Gasteiger partial charge in [0.05, 0.1) is 11.5 Å². The van der Waals surface area contributed by atoms with Crippen LogP contribution in [0.15, 0.2) is 36.5 Å². The number of allylic oxidation sites excluding steroid dienone is 1. The predicted molar refractivity (Wildman–Crippen MR) is 83.6 cm³/mol. The normalized spacial score (nSPS) is 19.6. The number of sulfone groups is 1. The second kappa shape index (κ2) is 6.00. The SMILES string of the molecule is C=C(CC(C)c1ccc(C)cc1)N1CCS(=O)(=O)CC1. The Bertz CT molecular complexity index is 561. The molecule has 0 amide bonds. The lowest BCUT2D eigenvalue weighted by Crippen LogP contribution is -2.39. The van der Waals surface area contributed by atoms with Gasteiger partial charge in [-0.2, -0.15) is 0 Å². The first-order valence-corrected chi connectivity index (χ1v) is 8.89. The predicted octanol–water partition coefficient (Wildman–Crippen LogP) is 2.73. The van der Waals surface area contributed by atoms with Crippen molar-refractivity contribution < 1.29 is 8.42 Å². The Labute approximate surface area is 122 Å². The minimum absolute atomic E-state index is 0.255. The topological polar surface area (TPSA) is 37.4 Å². The van der Waals surface area contributed by atoms with E-state index in [0.29, 0.717) is 19.0 Å². The Morgan fingerprint density at radius 3 is 2.35 bits per heavy atom. The molecule has 1 aliphatic rings. The molecule has 1 aromatic carbocycles. The highest BCUT2D eigenvalue weighted by atomic mass is 32.2.